The van der Waals surface area contributed by atoms with E-state index < -0.39 is 0 Å². The number of benzene rings is 2. The quantitative estimate of drug-likeness (QED) is 0.637. The van der Waals surface area contributed by atoms with Gasteiger partial charge in [-0.05, 0) is 24.3 Å². The summed E-state index contributed by atoms with van der Waals surface area (Å²) in [6.45, 7) is 0. The highest BCUT2D eigenvalue weighted by Gasteiger charge is 2.06. The maximum atomic E-state index is 11.8. The van der Waals surface area contributed by atoms with Crippen LogP contribution in [0.15, 0.2) is 63.8 Å². The van der Waals surface area contributed by atoms with E-state index in [9.17, 15) is 4.79 Å². The number of aromatic nitrogens is 1. The van der Waals surface area contributed by atoms with Crippen molar-refractivity contribution in [1.29, 1.82) is 0 Å². The molecular formula is C14H9NO2. The van der Waals surface area contributed by atoms with Gasteiger partial charge in [0.1, 0.15) is 5.58 Å². The molecule has 3 rings (SSSR count). The molecule has 0 atom stereocenters. The van der Waals surface area contributed by atoms with Crippen molar-refractivity contribution in [2.45, 2.75) is 0 Å². The SMILES string of the molecule is O=c1nc(-c2ccccc2)oc2ccccc12. The third kappa shape index (κ3) is 1.72. The Balaban J connectivity index is 2.30. The number of fused-ring (bicyclic) bond motifs is 1. The van der Waals surface area contributed by atoms with Gasteiger partial charge in [-0.2, -0.15) is 4.98 Å². The standard InChI is InChI=1S/C14H9NO2/c16-13-11-8-4-5-9-12(11)17-14(15-13)10-6-2-1-3-7-10/h1-9H. The molecule has 3 aromatic rings. The van der Waals surface area contributed by atoms with E-state index in [-0.39, 0.29) is 5.56 Å². The molecule has 0 amide bonds. The van der Waals surface area contributed by atoms with Crippen LogP contribution in [-0.4, -0.2) is 4.98 Å². The lowest BCUT2D eigenvalue weighted by molar-refractivity contribution is 0.595. The average molecular weight is 223 g/mol. The van der Waals surface area contributed by atoms with E-state index in [0.29, 0.717) is 16.9 Å². The Morgan fingerprint density at radius 3 is 2.41 bits per heavy atom. The first-order valence-electron chi connectivity index (χ1n) is 5.30. The lowest BCUT2D eigenvalue weighted by Gasteiger charge is -2.00. The Hall–Kier alpha value is -2.42. The zero-order chi connectivity index (χ0) is 11.7. The van der Waals surface area contributed by atoms with Crippen LogP contribution in [0.3, 0.4) is 0 Å². The van der Waals surface area contributed by atoms with Crippen molar-refractivity contribution in [2.24, 2.45) is 0 Å². The molecule has 82 valence electrons. The first kappa shape index (κ1) is 9.78. The van der Waals surface area contributed by atoms with E-state index in [0.717, 1.165) is 5.56 Å². The van der Waals surface area contributed by atoms with Crippen LogP contribution in [0, 0.1) is 0 Å². The molecule has 0 radical (unpaired) electrons. The third-order valence-electron chi connectivity index (χ3n) is 2.55. The molecule has 1 heterocycles. The largest absolute Gasteiger partial charge is 0.437 e. The minimum absolute atomic E-state index is 0.259. The van der Waals surface area contributed by atoms with Crippen molar-refractivity contribution < 1.29 is 4.42 Å². The molecule has 0 bridgehead atoms. The van der Waals surface area contributed by atoms with Crippen LogP contribution >= 0.6 is 0 Å². The fourth-order valence-corrected chi connectivity index (χ4v) is 1.72. The minimum Gasteiger partial charge on any atom is -0.437 e. The Bertz CT molecular complexity index is 717. The van der Waals surface area contributed by atoms with Crippen LogP contribution in [-0.2, 0) is 0 Å². The van der Waals surface area contributed by atoms with Crippen LogP contribution in [0.5, 0.6) is 0 Å². The number of para-hydroxylation sites is 1. The molecule has 3 nitrogen and oxygen atoms in total. The van der Waals surface area contributed by atoms with E-state index in [1.807, 2.05) is 36.4 Å². The number of hydrogen-bond acceptors (Lipinski definition) is 3. The third-order valence-corrected chi connectivity index (χ3v) is 2.55. The summed E-state index contributed by atoms with van der Waals surface area (Å²) < 4.78 is 5.62. The molecule has 0 N–H and O–H groups in total. The van der Waals surface area contributed by atoms with Crippen molar-refractivity contribution >= 4 is 11.0 Å². The van der Waals surface area contributed by atoms with Gasteiger partial charge in [-0.1, -0.05) is 30.3 Å². The maximum absolute atomic E-state index is 11.8. The lowest BCUT2D eigenvalue weighted by Crippen LogP contribution is -2.06. The van der Waals surface area contributed by atoms with Gasteiger partial charge in [0.05, 0.1) is 5.39 Å². The smallest absolute Gasteiger partial charge is 0.284 e. The summed E-state index contributed by atoms with van der Waals surface area (Å²) in [5, 5.41) is 0.507. The summed E-state index contributed by atoms with van der Waals surface area (Å²) in [5.74, 6) is 0.356. The number of nitrogens with zero attached hydrogens (tertiary/aromatic N) is 1. The summed E-state index contributed by atoms with van der Waals surface area (Å²) in [6, 6.07) is 16.5. The molecule has 0 aliphatic rings. The Labute approximate surface area is 97.4 Å². The predicted molar refractivity (Wildman–Crippen MR) is 65.7 cm³/mol. The molecule has 0 aliphatic heterocycles. The van der Waals surface area contributed by atoms with Crippen molar-refractivity contribution in [3.8, 4) is 11.5 Å². The maximum Gasteiger partial charge on any atom is 0.284 e. The van der Waals surface area contributed by atoms with Crippen LogP contribution in [0.25, 0.3) is 22.4 Å². The summed E-state index contributed by atoms with van der Waals surface area (Å²) in [7, 11) is 0. The molecule has 0 fully saturated rings. The van der Waals surface area contributed by atoms with Crippen LogP contribution < -0.4 is 5.56 Å². The second kappa shape index (κ2) is 3.87. The molecular weight excluding hydrogens is 214 g/mol. The van der Waals surface area contributed by atoms with E-state index in [4.69, 9.17) is 4.42 Å². The molecule has 1 aromatic heterocycles. The van der Waals surface area contributed by atoms with E-state index >= 15 is 0 Å². The zero-order valence-electron chi connectivity index (χ0n) is 8.96. The molecule has 2 aromatic carbocycles. The fraction of sp³-hybridized carbons (Fsp3) is 0. The van der Waals surface area contributed by atoms with Crippen molar-refractivity contribution in [2.75, 3.05) is 0 Å². The van der Waals surface area contributed by atoms with Crippen LogP contribution in [0.2, 0.25) is 0 Å². The second-order valence-corrected chi connectivity index (χ2v) is 3.69. The second-order valence-electron chi connectivity index (χ2n) is 3.69. The van der Waals surface area contributed by atoms with Gasteiger partial charge in [-0.25, -0.2) is 0 Å². The van der Waals surface area contributed by atoms with E-state index in [1.165, 1.54) is 0 Å². The van der Waals surface area contributed by atoms with E-state index in [1.54, 1.807) is 18.2 Å². The predicted octanol–water partition coefficient (Wildman–Crippen LogP) is 2.86. The fourth-order valence-electron chi connectivity index (χ4n) is 1.72. The molecule has 0 saturated heterocycles. The molecule has 0 spiro atoms. The summed E-state index contributed by atoms with van der Waals surface area (Å²) in [5.41, 5.74) is 1.10. The first-order chi connectivity index (χ1) is 8.34. The molecule has 3 heteroatoms. The van der Waals surface area contributed by atoms with Gasteiger partial charge >= 0.3 is 0 Å². The average Bonchev–Trinajstić information content (AvgIpc) is 2.40. The van der Waals surface area contributed by atoms with Gasteiger partial charge in [0, 0.05) is 5.56 Å². The van der Waals surface area contributed by atoms with Gasteiger partial charge in [-0.3, -0.25) is 4.79 Å². The molecule has 0 unspecified atom stereocenters. The highest BCUT2D eigenvalue weighted by molar-refractivity contribution is 5.76. The summed E-state index contributed by atoms with van der Waals surface area (Å²) >= 11 is 0. The Kier molecular flexibility index (Phi) is 2.22. The van der Waals surface area contributed by atoms with E-state index in [2.05, 4.69) is 4.98 Å². The van der Waals surface area contributed by atoms with Crippen molar-refractivity contribution in [3.05, 3.63) is 65.0 Å². The van der Waals surface area contributed by atoms with Crippen molar-refractivity contribution in [1.82, 2.24) is 4.98 Å². The lowest BCUT2D eigenvalue weighted by atomic mass is 10.2. The minimum atomic E-state index is -0.259. The molecule has 17 heavy (non-hydrogen) atoms. The molecule has 0 saturated carbocycles. The number of rotatable bonds is 1. The van der Waals surface area contributed by atoms with Gasteiger partial charge < -0.3 is 4.42 Å². The van der Waals surface area contributed by atoms with Gasteiger partial charge in [0.2, 0.25) is 5.89 Å². The Morgan fingerprint density at radius 1 is 0.882 bits per heavy atom. The first-order valence-corrected chi connectivity index (χ1v) is 5.30. The molecule has 0 aliphatic carbocycles. The van der Waals surface area contributed by atoms with Crippen molar-refractivity contribution in [3.63, 3.8) is 0 Å². The van der Waals surface area contributed by atoms with Gasteiger partial charge in [0.15, 0.2) is 0 Å². The summed E-state index contributed by atoms with van der Waals surface area (Å²) in [4.78, 5) is 15.8. The highest BCUT2D eigenvalue weighted by Crippen LogP contribution is 2.18. The topological polar surface area (TPSA) is 43.1 Å². The highest BCUT2D eigenvalue weighted by atomic mass is 16.3. The van der Waals surface area contributed by atoms with Gasteiger partial charge in [-0.15, -0.1) is 0 Å². The zero-order valence-corrected chi connectivity index (χ0v) is 8.96. The number of hydrogen-bond donors (Lipinski definition) is 0. The van der Waals surface area contributed by atoms with Gasteiger partial charge in [0.25, 0.3) is 5.56 Å². The Morgan fingerprint density at radius 2 is 1.59 bits per heavy atom. The van der Waals surface area contributed by atoms with Crippen LogP contribution in [0.4, 0.5) is 0 Å². The monoisotopic (exact) mass is 223 g/mol. The van der Waals surface area contributed by atoms with Crippen LogP contribution in [0.1, 0.15) is 0 Å². The summed E-state index contributed by atoms with van der Waals surface area (Å²) in [6.07, 6.45) is 0. The normalized spacial score (nSPS) is 10.6.